The summed E-state index contributed by atoms with van der Waals surface area (Å²) in [6.45, 7) is 8.46. The smallest absolute Gasteiger partial charge is 0.326 e. The van der Waals surface area contributed by atoms with Crippen molar-refractivity contribution in [2.75, 3.05) is 0 Å². The molecule has 0 bridgehead atoms. The van der Waals surface area contributed by atoms with Crippen molar-refractivity contribution in [3.8, 4) is 0 Å². The minimum atomic E-state index is -1.15. The van der Waals surface area contributed by atoms with Gasteiger partial charge in [0.05, 0.1) is 12.4 Å². The zero-order chi connectivity index (χ0) is 23.7. The molecule has 1 rings (SSSR count). The average molecular weight is 439 g/mol. The van der Waals surface area contributed by atoms with Crippen LogP contribution in [0, 0.1) is 11.8 Å². The molecule has 0 aliphatic rings. The molecule has 5 unspecified atom stereocenters. The molecule has 0 aliphatic carbocycles. The highest BCUT2D eigenvalue weighted by atomic mass is 16.4. The van der Waals surface area contributed by atoms with Gasteiger partial charge in [-0.1, -0.05) is 34.1 Å². The lowest BCUT2D eigenvalue weighted by Gasteiger charge is -2.27. The van der Waals surface area contributed by atoms with Crippen LogP contribution in [-0.2, 0) is 25.6 Å². The molecule has 7 N–H and O–H groups in total. The van der Waals surface area contributed by atoms with Gasteiger partial charge in [-0.15, -0.1) is 0 Å². The molecule has 0 fully saturated rings. The molecular formula is C20H34N6O5. The second-order valence-corrected chi connectivity index (χ2v) is 8.06. The molecule has 1 aromatic heterocycles. The van der Waals surface area contributed by atoms with E-state index in [0.29, 0.717) is 12.1 Å². The average Bonchev–Trinajstić information content (AvgIpc) is 3.21. The Labute approximate surface area is 181 Å². The first kappa shape index (κ1) is 26.1. The number of carboxylic acid groups (broad SMARTS) is 1. The van der Waals surface area contributed by atoms with E-state index in [4.69, 9.17) is 5.73 Å². The number of H-pyrrole nitrogens is 1. The predicted molar refractivity (Wildman–Crippen MR) is 114 cm³/mol. The Morgan fingerprint density at radius 1 is 1.03 bits per heavy atom. The van der Waals surface area contributed by atoms with Crippen LogP contribution < -0.4 is 21.7 Å². The van der Waals surface area contributed by atoms with Crippen LogP contribution in [0.4, 0.5) is 0 Å². The van der Waals surface area contributed by atoms with Crippen molar-refractivity contribution in [1.82, 2.24) is 25.9 Å². The third-order valence-electron chi connectivity index (χ3n) is 5.11. The number of carbonyl (C=O) groups is 4. The summed E-state index contributed by atoms with van der Waals surface area (Å²) in [5.41, 5.74) is 6.64. The molecule has 11 heteroatoms. The summed E-state index contributed by atoms with van der Waals surface area (Å²) in [6, 6.07) is -3.85. The van der Waals surface area contributed by atoms with Gasteiger partial charge in [0, 0.05) is 18.3 Å². The van der Waals surface area contributed by atoms with Gasteiger partial charge >= 0.3 is 5.97 Å². The fraction of sp³-hybridized carbons (Fsp3) is 0.650. The summed E-state index contributed by atoms with van der Waals surface area (Å²) in [7, 11) is 0. The van der Waals surface area contributed by atoms with Crippen molar-refractivity contribution in [2.24, 2.45) is 17.6 Å². The highest BCUT2D eigenvalue weighted by Gasteiger charge is 2.31. The van der Waals surface area contributed by atoms with Gasteiger partial charge in [-0.2, -0.15) is 0 Å². The topological polar surface area (TPSA) is 179 Å². The van der Waals surface area contributed by atoms with E-state index in [1.807, 2.05) is 6.92 Å². The van der Waals surface area contributed by atoms with Gasteiger partial charge in [0.1, 0.15) is 18.1 Å². The molecule has 1 aromatic rings. The Kier molecular flexibility index (Phi) is 10.1. The number of aromatic amines is 1. The molecule has 0 spiro atoms. The van der Waals surface area contributed by atoms with Crippen molar-refractivity contribution in [1.29, 1.82) is 0 Å². The number of aromatic nitrogens is 2. The standard InChI is InChI=1S/C20H34N6O5/c1-6-11(4)16(26-18(28)14(21)7-13-8-22-9-23-13)19(29)24-12(5)17(27)25-15(10(2)3)20(30)31/h8-12,14-16H,6-7,21H2,1-5H3,(H,22,23)(H,24,29)(H,25,27)(H,26,28)(H,30,31). The molecule has 0 radical (unpaired) electrons. The quantitative estimate of drug-likeness (QED) is 0.255. The molecule has 0 saturated carbocycles. The minimum absolute atomic E-state index is 0.221. The second-order valence-electron chi connectivity index (χ2n) is 8.06. The van der Waals surface area contributed by atoms with Gasteiger partial charge in [0.2, 0.25) is 17.7 Å². The van der Waals surface area contributed by atoms with Crippen molar-refractivity contribution < 1.29 is 24.3 Å². The highest BCUT2D eigenvalue weighted by Crippen LogP contribution is 2.10. The van der Waals surface area contributed by atoms with Crippen LogP contribution in [0.2, 0.25) is 0 Å². The Hall–Kier alpha value is -2.95. The summed E-state index contributed by atoms with van der Waals surface area (Å²) in [5.74, 6) is -3.38. The normalized spacial score (nSPS) is 16.0. The van der Waals surface area contributed by atoms with Gasteiger partial charge < -0.3 is 31.8 Å². The number of carboxylic acids is 1. The molecule has 1 heterocycles. The Morgan fingerprint density at radius 3 is 2.13 bits per heavy atom. The van der Waals surface area contributed by atoms with Crippen LogP contribution in [0.1, 0.15) is 46.7 Å². The zero-order valence-corrected chi connectivity index (χ0v) is 18.6. The molecular weight excluding hydrogens is 404 g/mol. The Morgan fingerprint density at radius 2 is 1.65 bits per heavy atom. The number of hydrogen-bond acceptors (Lipinski definition) is 6. The van der Waals surface area contributed by atoms with Gasteiger partial charge in [0.15, 0.2) is 0 Å². The van der Waals surface area contributed by atoms with Crippen LogP contribution in [0.25, 0.3) is 0 Å². The number of imidazole rings is 1. The van der Waals surface area contributed by atoms with Crippen LogP contribution in [0.5, 0.6) is 0 Å². The minimum Gasteiger partial charge on any atom is -0.480 e. The van der Waals surface area contributed by atoms with Gasteiger partial charge in [-0.05, 0) is 18.8 Å². The zero-order valence-electron chi connectivity index (χ0n) is 18.6. The molecule has 3 amide bonds. The largest absolute Gasteiger partial charge is 0.480 e. The van der Waals surface area contributed by atoms with Crippen molar-refractivity contribution >= 4 is 23.7 Å². The Bertz CT molecular complexity index is 751. The lowest BCUT2D eigenvalue weighted by Crippen LogP contribution is -2.58. The van der Waals surface area contributed by atoms with Gasteiger partial charge in [0.25, 0.3) is 0 Å². The molecule has 31 heavy (non-hydrogen) atoms. The second kappa shape index (κ2) is 12.0. The van der Waals surface area contributed by atoms with Crippen LogP contribution >= 0.6 is 0 Å². The number of carbonyl (C=O) groups excluding carboxylic acids is 3. The number of hydrogen-bond donors (Lipinski definition) is 6. The number of aliphatic carboxylic acids is 1. The fourth-order valence-corrected chi connectivity index (χ4v) is 2.85. The monoisotopic (exact) mass is 438 g/mol. The van der Waals surface area contributed by atoms with E-state index in [-0.39, 0.29) is 18.3 Å². The first-order chi connectivity index (χ1) is 14.5. The maximum atomic E-state index is 12.8. The fourth-order valence-electron chi connectivity index (χ4n) is 2.85. The summed E-state index contributed by atoms with van der Waals surface area (Å²) in [4.78, 5) is 55.7. The van der Waals surface area contributed by atoms with Crippen molar-refractivity contribution in [3.05, 3.63) is 18.2 Å². The summed E-state index contributed by atoms with van der Waals surface area (Å²) in [5, 5.41) is 16.9. The van der Waals surface area contributed by atoms with Crippen molar-refractivity contribution in [2.45, 2.75) is 71.6 Å². The van der Waals surface area contributed by atoms with E-state index in [1.54, 1.807) is 27.0 Å². The summed E-state index contributed by atoms with van der Waals surface area (Å²) >= 11 is 0. The first-order valence-electron chi connectivity index (χ1n) is 10.3. The predicted octanol–water partition coefficient (Wildman–Crippen LogP) is -0.459. The SMILES string of the molecule is CCC(C)C(NC(=O)C(N)Cc1cnc[nH]1)C(=O)NC(C)C(=O)NC(C(=O)O)C(C)C. The number of nitrogens with two attached hydrogens (primary N) is 1. The van der Waals surface area contributed by atoms with Crippen LogP contribution in [0.3, 0.4) is 0 Å². The number of nitrogens with one attached hydrogen (secondary N) is 4. The molecule has 0 aromatic carbocycles. The molecule has 0 saturated heterocycles. The molecule has 5 atom stereocenters. The van der Waals surface area contributed by atoms with E-state index in [2.05, 4.69) is 25.9 Å². The third-order valence-corrected chi connectivity index (χ3v) is 5.11. The maximum absolute atomic E-state index is 12.8. The first-order valence-corrected chi connectivity index (χ1v) is 10.3. The summed E-state index contributed by atoms with van der Waals surface area (Å²) in [6.07, 6.45) is 3.87. The van der Waals surface area contributed by atoms with E-state index < -0.39 is 47.9 Å². The lowest BCUT2D eigenvalue weighted by atomic mass is 9.97. The summed E-state index contributed by atoms with van der Waals surface area (Å²) < 4.78 is 0. The molecule has 174 valence electrons. The maximum Gasteiger partial charge on any atom is 0.326 e. The van der Waals surface area contributed by atoms with Crippen molar-refractivity contribution in [3.63, 3.8) is 0 Å². The lowest BCUT2D eigenvalue weighted by molar-refractivity contribution is -0.143. The number of rotatable bonds is 12. The van der Waals surface area contributed by atoms with E-state index in [0.717, 1.165) is 0 Å². The Balaban J connectivity index is 2.77. The number of amides is 3. The van der Waals surface area contributed by atoms with Gasteiger partial charge in [-0.3, -0.25) is 14.4 Å². The van der Waals surface area contributed by atoms with E-state index in [1.165, 1.54) is 13.3 Å². The molecule has 0 aliphatic heterocycles. The molecule has 11 nitrogen and oxygen atoms in total. The third kappa shape index (κ3) is 8.00. The van der Waals surface area contributed by atoms with Gasteiger partial charge in [-0.25, -0.2) is 9.78 Å². The number of nitrogens with zero attached hydrogens (tertiary/aromatic N) is 1. The van der Waals surface area contributed by atoms with E-state index in [9.17, 15) is 24.3 Å². The highest BCUT2D eigenvalue weighted by molar-refractivity contribution is 5.94. The van der Waals surface area contributed by atoms with Crippen LogP contribution in [-0.4, -0.2) is 62.9 Å². The van der Waals surface area contributed by atoms with E-state index >= 15 is 0 Å². The van der Waals surface area contributed by atoms with Crippen LogP contribution in [0.15, 0.2) is 12.5 Å².